The lowest BCUT2D eigenvalue weighted by molar-refractivity contribution is -0.145. The van der Waals surface area contributed by atoms with E-state index in [1.54, 1.807) is 0 Å². The Labute approximate surface area is 108 Å². The van der Waals surface area contributed by atoms with Gasteiger partial charge in [-0.1, -0.05) is 5.92 Å². The number of terminal acetylenes is 1. The highest BCUT2D eigenvalue weighted by atomic mass is 32.2. The SMILES string of the molecule is C#CCSCCNC(=O)N[C@@H](CC(=O)O)C(=O)O. The van der Waals surface area contributed by atoms with Gasteiger partial charge in [0.2, 0.25) is 0 Å². The average Bonchev–Trinajstić information content (AvgIpc) is 2.27. The second kappa shape index (κ2) is 9.18. The van der Waals surface area contributed by atoms with Crippen LogP contribution in [0.25, 0.3) is 0 Å². The fourth-order valence-electron chi connectivity index (χ4n) is 0.952. The van der Waals surface area contributed by atoms with Gasteiger partial charge in [-0.2, -0.15) is 0 Å². The van der Waals surface area contributed by atoms with Crippen LogP contribution in [0, 0.1) is 12.3 Å². The number of hydrogen-bond donors (Lipinski definition) is 4. The van der Waals surface area contributed by atoms with E-state index in [-0.39, 0.29) is 0 Å². The van der Waals surface area contributed by atoms with Crippen LogP contribution in [-0.4, -0.2) is 52.3 Å². The maximum atomic E-state index is 11.2. The van der Waals surface area contributed by atoms with E-state index >= 15 is 0 Å². The van der Waals surface area contributed by atoms with Crippen molar-refractivity contribution in [3.63, 3.8) is 0 Å². The fourth-order valence-corrected chi connectivity index (χ4v) is 1.46. The van der Waals surface area contributed by atoms with E-state index in [1.807, 2.05) is 0 Å². The molecular weight excluding hydrogens is 260 g/mol. The minimum absolute atomic E-state index is 0.317. The van der Waals surface area contributed by atoms with E-state index in [4.69, 9.17) is 16.6 Å². The molecule has 4 N–H and O–H groups in total. The van der Waals surface area contributed by atoms with E-state index in [0.29, 0.717) is 18.1 Å². The number of carboxylic acid groups (broad SMARTS) is 2. The summed E-state index contributed by atoms with van der Waals surface area (Å²) in [6, 6.07) is -2.16. The molecule has 0 aliphatic heterocycles. The number of nitrogens with one attached hydrogen (secondary N) is 2. The van der Waals surface area contributed by atoms with Crippen LogP contribution in [0.4, 0.5) is 4.79 Å². The summed E-state index contributed by atoms with van der Waals surface area (Å²) in [7, 11) is 0. The third kappa shape index (κ3) is 8.29. The lowest BCUT2D eigenvalue weighted by Gasteiger charge is -2.12. The van der Waals surface area contributed by atoms with E-state index in [1.165, 1.54) is 11.8 Å². The number of urea groups is 1. The van der Waals surface area contributed by atoms with Crippen LogP contribution < -0.4 is 10.6 Å². The van der Waals surface area contributed by atoms with Crippen molar-refractivity contribution < 1.29 is 24.6 Å². The molecule has 0 saturated carbocycles. The molecule has 1 atom stereocenters. The van der Waals surface area contributed by atoms with Crippen LogP contribution in [0.1, 0.15) is 6.42 Å². The zero-order valence-corrected chi connectivity index (χ0v) is 10.3. The first-order chi connectivity index (χ1) is 8.47. The molecule has 8 heteroatoms. The largest absolute Gasteiger partial charge is 0.481 e. The maximum absolute atomic E-state index is 11.2. The molecule has 0 saturated heterocycles. The molecule has 0 aliphatic carbocycles. The first-order valence-corrected chi connectivity index (χ1v) is 6.13. The summed E-state index contributed by atoms with van der Waals surface area (Å²) in [6.45, 7) is 0.317. The second-order valence-electron chi connectivity index (χ2n) is 3.15. The molecule has 0 aromatic carbocycles. The van der Waals surface area contributed by atoms with E-state index in [0.717, 1.165) is 0 Å². The number of carboxylic acids is 2. The predicted octanol–water partition coefficient (Wildman–Crippen LogP) is -0.420. The Morgan fingerprint density at radius 2 is 2.00 bits per heavy atom. The minimum Gasteiger partial charge on any atom is -0.481 e. The zero-order chi connectivity index (χ0) is 14.0. The summed E-state index contributed by atoms with van der Waals surface area (Å²) in [5.74, 6) is 0.843. The molecule has 0 radical (unpaired) electrons. The minimum atomic E-state index is -1.44. The first kappa shape index (κ1) is 16.1. The molecule has 0 aromatic heterocycles. The van der Waals surface area contributed by atoms with Crippen molar-refractivity contribution in [3.8, 4) is 12.3 Å². The molecule has 0 fully saturated rings. The monoisotopic (exact) mass is 274 g/mol. The van der Waals surface area contributed by atoms with Crippen molar-refractivity contribution in [2.75, 3.05) is 18.1 Å². The Morgan fingerprint density at radius 1 is 1.33 bits per heavy atom. The summed E-state index contributed by atoms with van der Waals surface area (Å²) in [6.07, 6.45) is 4.35. The van der Waals surface area contributed by atoms with E-state index in [9.17, 15) is 14.4 Å². The summed E-state index contributed by atoms with van der Waals surface area (Å²) in [4.78, 5) is 32.3. The molecule has 7 nitrogen and oxygen atoms in total. The van der Waals surface area contributed by atoms with Gasteiger partial charge >= 0.3 is 18.0 Å². The second-order valence-corrected chi connectivity index (χ2v) is 4.25. The van der Waals surface area contributed by atoms with Crippen molar-refractivity contribution in [1.82, 2.24) is 10.6 Å². The van der Waals surface area contributed by atoms with Crippen molar-refractivity contribution in [3.05, 3.63) is 0 Å². The highest BCUT2D eigenvalue weighted by Gasteiger charge is 2.22. The van der Waals surface area contributed by atoms with Crippen LogP contribution in [0.15, 0.2) is 0 Å². The van der Waals surface area contributed by atoms with Crippen molar-refractivity contribution >= 4 is 29.7 Å². The van der Waals surface area contributed by atoms with Crippen LogP contribution >= 0.6 is 11.8 Å². The van der Waals surface area contributed by atoms with Gasteiger partial charge in [0, 0.05) is 12.3 Å². The van der Waals surface area contributed by atoms with Crippen LogP contribution in [-0.2, 0) is 9.59 Å². The van der Waals surface area contributed by atoms with Gasteiger partial charge in [0.25, 0.3) is 0 Å². The number of hydrogen-bond acceptors (Lipinski definition) is 4. The molecule has 0 aliphatic rings. The van der Waals surface area contributed by atoms with Gasteiger partial charge in [-0.15, -0.1) is 18.2 Å². The van der Waals surface area contributed by atoms with Gasteiger partial charge in [0.05, 0.1) is 12.2 Å². The molecule has 0 aromatic rings. The Balaban J connectivity index is 3.92. The standard InChI is InChI=1S/C10H14N2O5S/c1-2-4-18-5-3-11-10(17)12-7(9(15)16)6-8(13)14/h1,7H,3-6H2,(H,13,14)(H,15,16)(H2,11,12,17)/t7-/m0/s1. The maximum Gasteiger partial charge on any atom is 0.326 e. The Bertz CT molecular complexity index is 353. The molecule has 0 unspecified atom stereocenters. The predicted molar refractivity (Wildman–Crippen MR) is 66.4 cm³/mol. The van der Waals surface area contributed by atoms with Gasteiger partial charge in [0.15, 0.2) is 0 Å². The van der Waals surface area contributed by atoms with Crippen molar-refractivity contribution in [1.29, 1.82) is 0 Å². The van der Waals surface area contributed by atoms with Gasteiger partial charge in [-0.3, -0.25) is 4.79 Å². The summed E-state index contributed by atoms with van der Waals surface area (Å²) in [5, 5.41) is 21.6. The van der Waals surface area contributed by atoms with E-state index in [2.05, 4.69) is 16.6 Å². The summed E-state index contributed by atoms with van der Waals surface area (Å²) in [5.41, 5.74) is 0. The molecule has 100 valence electrons. The van der Waals surface area contributed by atoms with Gasteiger partial charge in [-0.25, -0.2) is 9.59 Å². The smallest absolute Gasteiger partial charge is 0.326 e. The number of aliphatic carboxylic acids is 2. The number of carbonyl (C=O) groups is 3. The summed E-state index contributed by atoms with van der Waals surface area (Å²) >= 11 is 1.44. The molecule has 0 rings (SSSR count). The van der Waals surface area contributed by atoms with Crippen LogP contribution in [0.3, 0.4) is 0 Å². The van der Waals surface area contributed by atoms with Crippen LogP contribution in [0.5, 0.6) is 0 Å². The number of thioether (sulfide) groups is 1. The van der Waals surface area contributed by atoms with Crippen LogP contribution in [0.2, 0.25) is 0 Å². The molecule has 2 amide bonds. The quantitative estimate of drug-likeness (QED) is 0.353. The van der Waals surface area contributed by atoms with Crippen molar-refractivity contribution in [2.45, 2.75) is 12.5 Å². The van der Waals surface area contributed by atoms with Gasteiger partial charge in [0.1, 0.15) is 6.04 Å². The average molecular weight is 274 g/mol. The fraction of sp³-hybridized carbons (Fsp3) is 0.500. The lowest BCUT2D eigenvalue weighted by atomic mass is 10.2. The van der Waals surface area contributed by atoms with Gasteiger partial charge in [-0.05, 0) is 0 Å². The topological polar surface area (TPSA) is 116 Å². The Morgan fingerprint density at radius 3 is 2.50 bits per heavy atom. The molecule has 0 spiro atoms. The first-order valence-electron chi connectivity index (χ1n) is 4.97. The number of amides is 2. The molecule has 0 heterocycles. The Kier molecular flexibility index (Phi) is 8.22. The highest BCUT2D eigenvalue weighted by Crippen LogP contribution is 1.96. The number of carbonyl (C=O) groups excluding carboxylic acids is 1. The number of rotatable bonds is 8. The third-order valence-corrected chi connectivity index (χ3v) is 2.56. The van der Waals surface area contributed by atoms with E-state index < -0.39 is 30.4 Å². The zero-order valence-electron chi connectivity index (χ0n) is 9.51. The van der Waals surface area contributed by atoms with Crippen molar-refractivity contribution in [2.24, 2.45) is 0 Å². The van der Waals surface area contributed by atoms with Gasteiger partial charge < -0.3 is 20.8 Å². The summed E-state index contributed by atoms with van der Waals surface area (Å²) < 4.78 is 0. The third-order valence-electron chi connectivity index (χ3n) is 1.70. The molecular formula is C10H14N2O5S. The molecule has 0 bridgehead atoms. The molecule has 18 heavy (non-hydrogen) atoms. The Hall–Kier alpha value is -1.88. The lowest BCUT2D eigenvalue weighted by Crippen LogP contribution is -2.47. The highest BCUT2D eigenvalue weighted by molar-refractivity contribution is 7.99. The normalized spacial score (nSPS) is 11.1.